The summed E-state index contributed by atoms with van der Waals surface area (Å²) in [6, 6.07) is 8.65. The quantitative estimate of drug-likeness (QED) is 0.395. The molecule has 0 aliphatic carbocycles. The predicted octanol–water partition coefficient (Wildman–Crippen LogP) is 5.37. The maximum absolute atomic E-state index is 13.1. The summed E-state index contributed by atoms with van der Waals surface area (Å²) in [6.07, 6.45) is 3.68. The number of rotatable bonds is 6. The number of anilines is 2. The lowest BCUT2D eigenvalue weighted by Crippen LogP contribution is -2.14. The van der Waals surface area contributed by atoms with Crippen molar-refractivity contribution >= 4 is 35.6 Å². The topological polar surface area (TPSA) is 73.1 Å². The first-order chi connectivity index (χ1) is 14.9. The second-order valence-electron chi connectivity index (χ2n) is 7.87. The fourth-order valence-corrected chi connectivity index (χ4v) is 6.80. The second kappa shape index (κ2) is 9.31. The average molecular weight is 444 g/mol. The fraction of sp³-hybridized carbons (Fsp3) is 0.391. The van der Waals surface area contributed by atoms with Gasteiger partial charge in [0.1, 0.15) is 17.4 Å². The van der Waals surface area contributed by atoms with Crippen molar-refractivity contribution < 1.29 is 13.5 Å². The minimum atomic E-state index is -2.56. The third kappa shape index (κ3) is 4.87. The summed E-state index contributed by atoms with van der Waals surface area (Å²) in [6.45, 7) is 2.18. The van der Waals surface area contributed by atoms with E-state index < -0.39 is 6.43 Å². The Kier molecular flexibility index (Phi) is 6.51. The smallest absolute Gasteiger partial charge is 0.263 e. The predicted molar refractivity (Wildman–Crippen MR) is 124 cm³/mol. The molecule has 0 bridgehead atoms. The molecule has 5 nitrogen and oxygen atoms in total. The van der Waals surface area contributed by atoms with E-state index in [4.69, 9.17) is 10.5 Å². The number of methoxy groups -OCH3 is 1. The zero-order chi connectivity index (χ0) is 22.0. The number of nitrogens with one attached hydrogen (secondary N) is 1. The number of nitrogens with zero attached hydrogens (tertiary/aromatic N) is 2. The molecular formula is C23H27F2N4OP. The van der Waals surface area contributed by atoms with E-state index in [1.807, 2.05) is 13.0 Å². The van der Waals surface area contributed by atoms with Crippen LogP contribution in [0.4, 0.5) is 20.3 Å². The summed E-state index contributed by atoms with van der Waals surface area (Å²) in [7, 11) is 1.44. The summed E-state index contributed by atoms with van der Waals surface area (Å²) in [5.74, 6) is 2.22. The van der Waals surface area contributed by atoms with Gasteiger partial charge in [0.25, 0.3) is 6.43 Å². The van der Waals surface area contributed by atoms with Gasteiger partial charge in [0.2, 0.25) is 0 Å². The van der Waals surface area contributed by atoms with Gasteiger partial charge in [-0.25, -0.2) is 18.7 Å². The van der Waals surface area contributed by atoms with Crippen molar-refractivity contribution in [2.75, 3.05) is 30.5 Å². The highest BCUT2D eigenvalue weighted by molar-refractivity contribution is 7.65. The minimum Gasteiger partial charge on any atom is -0.496 e. The van der Waals surface area contributed by atoms with E-state index in [0.717, 1.165) is 16.7 Å². The number of hydrogen-bond donors (Lipinski definition) is 2. The number of hydrogen-bond acceptors (Lipinski definition) is 5. The van der Waals surface area contributed by atoms with Crippen LogP contribution < -0.4 is 21.1 Å². The summed E-state index contributed by atoms with van der Waals surface area (Å²) in [4.78, 5) is 9.20. The van der Waals surface area contributed by atoms with Crippen molar-refractivity contribution in [3.63, 3.8) is 0 Å². The first-order valence-electron chi connectivity index (χ1n) is 10.5. The minimum absolute atomic E-state index is 0.0763. The fourth-order valence-electron chi connectivity index (χ4n) is 4.10. The molecule has 1 saturated heterocycles. The van der Waals surface area contributed by atoms with E-state index >= 15 is 0 Å². The third-order valence-corrected chi connectivity index (χ3v) is 8.30. The summed E-state index contributed by atoms with van der Waals surface area (Å²) in [5.41, 5.74) is 7.56. The van der Waals surface area contributed by atoms with Crippen molar-refractivity contribution in [3.05, 3.63) is 47.3 Å². The standard InChI is InChI=1S/C23H27F2N4OP/c1-14-28-19-12-20(30-2)21(31-6-4-3-5-7-31)11-18(19)23(29-14)27-13-15-8-16(22(24)25)10-17(26)9-15/h8-12,22H,3-7,13,26H2,1-2H3,(H,27,28,29). The van der Waals surface area contributed by atoms with Gasteiger partial charge in [-0.1, -0.05) is 14.3 Å². The Balaban J connectivity index is 1.70. The van der Waals surface area contributed by atoms with Crippen LogP contribution in [0.2, 0.25) is 0 Å². The average Bonchev–Trinajstić information content (AvgIpc) is 2.76. The Morgan fingerprint density at radius 3 is 2.58 bits per heavy atom. The van der Waals surface area contributed by atoms with E-state index in [0.29, 0.717) is 29.4 Å². The van der Waals surface area contributed by atoms with Crippen molar-refractivity contribution in [2.45, 2.75) is 39.2 Å². The van der Waals surface area contributed by atoms with Gasteiger partial charge in [-0.15, -0.1) is 0 Å². The molecular weight excluding hydrogens is 417 g/mol. The van der Waals surface area contributed by atoms with Gasteiger partial charge in [0, 0.05) is 34.6 Å². The van der Waals surface area contributed by atoms with Crippen LogP contribution in [-0.2, 0) is 6.54 Å². The monoisotopic (exact) mass is 444 g/mol. The molecule has 0 spiro atoms. The summed E-state index contributed by atoms with van der Waals surface area (Å²) >= 11 is 0. The van der Waals surface area contributed by atoms with Gasteiger partial charge in [0.15, 0.2) is 0 Å². The second-order valence-corrected chi connectivity index (χ2v) is 10.3. The molecule has 2 aromatic carbocycles. The zero-order valence-corrected chi connectivity index (χ0v) is 18.7. The molecule has 8 heteroatoms. The van der Waals surface area contributed by atoms with Crippen molar-refractivity contribution in [1.82, 2.24) is 9.97 Å². The van der Waals surface area contributed by atoms with Crippen LogP contribution in [0.25, 0.3) is 10.9 Å². The molecule has 0 saturated carbocycles. The van der Waals surface area contributed by atoms with Crippen LogP contribution >= 0.6 is 7.92 Å². The number of nitrogen functional groups attached to an aromatic ring is 1. The van der Waals surface area contributed by atoms with Crippen molar-refractivity contribution in [1.29, 1.82) is 0 Å². The number of nitrogens with two attached hydrogens (primary N) is 1. The van der Waals surface area contributed by atoms with Crippen LogP contribution in [0.5, 0.6) is 5.75 Å². The number of aromatic nitrogens is 2. The Hall–Kier alpha value is -2.53. The van der Waals surface area contributed by atoms with Crippen molar-refractivity contribution in [3.8, 4) is 5.75 Å². The lowest BCUT2D eigenvalue weighted by atomic mass is 10.1. The Bertz CT molecular complexity index is 1090. The van der Waals surface area contributed by atoms with E-state index in [-0.39, 0.29) is 13.5 Å². The normalized spacial score (nSPS) is 14.9. The number of fused-ring (bicyclic) bond motifs is 1. The highest BCUT2D eigenvalue weighted by atomic mass is 31.1. The molecule has 0 atom stereocenters. The number of aryl methyl sites for hydroxylation is 1. The van der Waals surface area contributed by atoms with Gasteiger partial charge in [0.05, 0.1) is 12.6 Å². The van der Waals surface area contributed by atoms with Gasteiger partial charge in [-0.3, -0.25) is 0 Å². The summed E-state index contributed by atoms with van der Waals surface area (Å²) < 4.78 is 32.0. The molecule has 3 aromatic rings. The molecule has 0 unspecified atom stereocenters. The van der Waals surface area contributed by atoms with Crippen LogP contribution in [0.15, 0.2) is 30.3 Å². The molecule has 0 amide bonds. The lowest BCUT2D eigenvalue weighted by molar-refractivity contribution is 0.151. The number of halogens is 2. The van der Waals surface area contributed by atoms with E-state index in [2.05, 4.69) is 21.4 Å². The first kappa shape index (κ1) is 21.7. The number of ether oxygens (including phenoxy) is 1. The SMILES string of the molecule is COc1cc2nc(C)nc(NCc3cc(N)cc(C(F)F)c3)c2cc1P1CCCCC1. The highest BCUT2D eigenvalue weighted by Crippen LogP contribution is 2.44. The lowest BCUT2D eigenvalue weighted by Gasteiger charge is -2.25. The first-order valence-corrected chi connectivity index (χ1v) is 12.2. The van der Waals surface area contributed by atoms with Crippen LogP contribution in [0.3, 0.4) is 0 Å². The number of alkyl halides is 2. The maximum Gasteiger partial charge on any atom is 0.263 e. The van der Waals surface area contributed by atoms with E-state index in [1.54, 1.807) is 13.2 Å². The largest absolute Gasteiger partial charge is 0.496 e. The molecule has 31 heavy (non-hydrogen) atoms. The van der Waals surface area contributed by atoms with Crippen LogP contribution in [0, 0.1) is 6.92 Å². The molecule has 1 aliphatic rings. The maximum atomic E-state index is 13.1. The Labute approximate surface area is 182 Å². The van der Waals surface area contributed by atoms with Gasteiger partial charge >= 0.3 is 0 Å². The zero-order valence-electron chi connectivity index (χ0n) is 17.8. The van der Waals surface area contributed by atoms with E-state index in [9.17, 15) is 8.78 Å². The molecule has 164 valence electrons. The van der Waals surface area contributed by atoms with Crippen LogP contribution in [-0.4, -0.2) is 29.4 Å². The molecule has 1 fully saturated rings. The van der Waals surface area contributed by atoms with E-state index in [1.165, 1.54) is 49.0 Å². The Morgan fingerprint density at radius 2 is 1.87 bits per heavy atom. The summed E-state index contributed by atoms with van der Waals surface area (Å²) in [5, 5.41) is 5.50. The Morgan fingerprint density at radius 1 is 1.10 bits per heavy atom. The van der Waals surface area contributed by atoms with Crippen LogP contribution in [0.1, 0.15) is 42.6 Å². The molecule has 0 radical (unpaired) electrons. The highest BCUT2D eigenvalue weighted by Gasteiger charge is 2.21. The molecule has 4 rings (SSSR count). The third-order valence-electron chi connectivity index (χ3n) is 5.55. The van der Waals surface area contributed by atoms with Gasteiger partial charge < -0.3 is 15.8 Å². The van der Waals surface area contributed by atoms with Gasteiger partial charge in [-0.2, -0.15) is 0 Å². The molecule has 2 heterocycles. The molecule has 3 N–H and O–H groups in total. The van der Waals surface area contributed by atoms with Crippen molar-refractivity contribution in [2.24, 2.45) is 0 Å². The number of benzene rings is 2. The molecule has 1 aromatic heterocycles. The van der Waals surface area contributed by atoms with Gasteiger partial charge in [-0.05, 0) is 61.9 Å². The molecule has 1 aliphatic heterocycles.